The van der Waals surface area contributed by atoms with E-state index in [4.69, 9.17) is 11.6 Å². The molecular formula is C14H16BrClN2O2S. The lowest BCUT2D eigenvalue weighted by Gasteiger charge is -2.27. The lowest BCUT2D eigenvalue weighted by molar-refractivity contribution is 0.365. The van der Waals surface area contributed by atoms with E-state index in [1.54, 1.807) is 0 Å². The molecule has 0 radical (unpaired) electrons. The van der Waals surface area contributed by atoms with Crippen molar-refractivity contribution in [2.24, 2.45) is 0 Å². The van der Waals surface area contributed by atoms with Crippen LogP contribution in [0.15, 0.2) is 22.7 Å². The van der Waals surface area contributed by atoms with E-state index in [0.29, 0.717) is 18.7 Å². The van der Waals surface area contributed by atoms with Crippen LogP contribution in [0.3, 0.4) is 0 Å². The number of fused-ring (bicyclic) bond motifs is 1. The summed E-state index contributed by atoms with van der Waals surface area (Å²) in [7, 11) is -2.98. The molecule has 1 aliphatic heterocycles. The van der Waals surface area contributed by atoms with Gasteiger partial charge in [-0.3, -0.25) is 0 Å². The Bertz CT molecular complexity index is 803. The average molecular weight is 392 g/mol. The fourth-order valence-corrected chi connectivity index (χ4v) is 5.76. The molecular weight excluding hydrogens is 376 g/mol. The number of halogens is 2. The predicted molar refractivity (Wildman–Crippen MR) is 88.8 cm³/mol. The molecule has 1 aromatic carbocycles. The molecule has 0 spiro atoms. The van der Waals surface area contributed by atoms with Crippen LogP contribution in [0.4, 0.5) is 0 Å². The molecule has 1 atom stereocenters. The van der Waals surface area contributed by atoms with Gasteiger partial charge in [0.2, 0.25) is 0 Å². The monoisotopic (exact) mass is 390 g/mol. The SMILES string of the molecule is CC1(n2c(CCCl)nc3cc(Br)ccc32)CCS(=O)(=O)C1. The molecule has 114 valence electrons. The number of imidazole rings is 1. The van der Waals surface area contributed by atoms with Gasteiger partial charge in [0, 0.05) is 16.8 Å². The van der Waals surface area contributed by atoms with Gasteiger partial charge in [0.05, 0.1) is 28.1 Å². The fourth-order valence-electron chi connectivity index (χ4n) is 3.13. The zero-order valence-corrected chi connectivity index (χ0v) is 14.8. The van der Waals surface area contributed by atoms with Crippen molar-refractivity contribution in [2.45, 2.75) is 25.3 Å². The number of rotatable bonds is 3. The first kappa shape index (κ1) is 15.3. The molecule has 1 saturated heterocycles. The Morgan fingerprint density at radius 1 is 1.48 bits per heavy atom. The van der Waals surface area contributed by atoms with E-state index in [0.717, 1.165) is 21.3 Å². The van der Waals surface area contributed by atoms with Gasteiger partial charge in [0.25, 0.3) is 0 Å². The van der Waals surface area contributed by atoms with Gasteiger partial charge in [-0.15, -0.1) is 11.6 Å². The summed E-state index contributed by atoms with van der Waals surface area (Å²) in [5.41, 5.74) is 1.40. The third-order valence-corrected chi connectivity index (χ3v) is 6.60. The number of benzene rings is 1. The Labute approximate surface area is 137 Å². The Hall–Kier alpha value is -0.590. The number of hydrogen-bond donors (Lipinski definition) is 0. The second-order valence-corrected chi connectivity index (χ2v) is 9.25. The van der Waals surface area contributed by atoms with Crippen molar-refractivity contribution in [3.63, 3.8) is 0 Å². The van der Waals surface area contributed by atoms with Crippen LogP contribution < -0.4 is 0 Å². The Kier molecular flexibility index (Phi) is 3.83. The van der Waals surface area contributed by atoms with Crippen LogP contribution in [0.2, 0.25) is 0 Å². The van der Waals surface area contributed by atoms with E-state index in [-0.39, 0.29) is 11.5 Å². The van der Waals surface area contributed by atoms with Crippen molar-refractivity contribution in [2.75, 3.05) is 17.4 Å². The standard InChI is InChI=1S/C14H16BrClN2O2S/c1-14(5-7-21(19,20)9-14)18-12-3-2-10(15)8-11(12)17-13(18)4-6-16/h2-3,8H,4-7,9H2,1H3. The van der Waals surface area contributed by atoms with Crippen LogP contribution in [-0.2, 0) is 21.8 Å². The van der Waals surface area contributed by atoms with Gasteiger partial charge < -0.3 is 4.57 Å². The van der Waals surface area contributed by atoms with Crippen molar-refractivity contribution in [1.82, 2.24) is 9.55 Å². The molecule has 1 unspecified atom stereocenters. The normalized spacial score (nSPS) is 24.7. The van der Waals surface area contributed by atoms with Crippen LogP contribution in [-0.4, -0.2) is 35.4 Å². The van der Waals surface area contributed by atoms with Crippen LogP contribution in [0.1, 0.15) is 19.2 Å². The molecule has 3 rings (SSSR count). The van der Waals surface area contributed by atoms with Crippen molar-refractivity contribution in [1.29, 1.82) is 0 Å². The Morgan fingerprint density at radius 2 is 2.24 bits per heavy atom. The molecule has 0 N–H and O–H groups in total. The molecule has 2 heterocycles. The first-order valence-electron chi connectivity index (χ1n) is 6.78. The van der Waals surface area contributed by atoms with E-state index in [1.165, 1.54) is 0 Å². The number of sulfone groups is 1. The van der Waals surface area contributed by atoms with Crippen molar-refractivity contribution in [3.8, 4) is 0 Å². The number of hydrogen-bond acceptors (Lipinski definition) is 3. The number of alkyl halides is 1. The summed E-state index contributed by atoms with van der Waals surface area (Å²) < 4.78 is 26.9. The van der Waals surface area contributed by atoms with Crippen molar-refractivity contribution < 1.29 is 8.42 Å². The maximum absolute atomic E-state index is 11.9. The van der Waals surface area contributed by atoms with Gasteiger partial charge in [0.1, 0.15) is 5.82 Å². The third-order valence-electron chi connectivity index (χ3n) is 4.03. The van der Waals surface area contributed by atoms with E-state index < -0.39 is 15.4 Å². The average Bonchev–Trinajstić information content (AvgIpc) is 2.87. The minimum atomic E-state index is -2.98. The first-order valence-corrected chi connectivity index (χ1v) is 9.93. The Balaban J connectivity index is 2.22. The zero-order chi connectivity index (χ0) is 15.3. The second kappa shape index (κ2) is 5.25. The quantitative estimate of drug-likeness (QED) is 0.755. The van der Waals surface area contributed by atoms with E-state index in [9.17, 15) is 8.42 Å². The summed E-state index contributed by atoms with van der Waals surface area (Å²) in [5, 5.41) is 0. The van der Waals surface area contributed by atoms with Gasteiger partial charge in [-0.1, -0.05) is 15.9 Å². The van der Waals surface area contributed by atoms with Crippen molar-refractivity contribution >= 4 is 48.4 Å². The minimum absolute atomic E-state index is 0.164. The molecule has 21 heavy (non-hydrogen) atoms. The summed E-state index contributed by atoms with van der Waals surface area (Å²) in [4.78, 5) is 4.65. The maximum atomic E-state index is 11.9. The van der Waals surface area contributed by atoms with Crippen LogP contribution in [0.25, 0.3) is 11.0 Å². The molecule has 0 aliphatic carbocycles. The Morgan fingerprint density at radius 3 is 2.86 bits per heavy atom. The van der Waals surface area contributed by atoms with Gasteiger partial charge in [-0.2, -0.15) is 0 Å². The highest BCUT2D eigenvalue weighted by Crippen LogP contribution is 2.35. The number of nitrogens with zero attached hydrogens (tertiary/aromatic N) is 2. The lowest BCUT2D eigenvalue weighted by Crippen LogP contribution is -2.33. The summed E-state index contributed by atoms with van der Waals surface area (Å²) in [6, 6.07) is 5.90. The molecule has 2 aromatic rings. The molecule has 0 saturated carbocycles. The van der Waals surface area contributed by atoms with Crippen LogP contribution >= 0.6 is 27.5 Å². The van der Waals surface area contributed by atoms with Gasteiger partial charge in [-0.05, 0) is 31.5 Å². The highest BCUT2D eigenvalue weighted by atomic mass is 79.9. The second-order valence-electron chi connectivity index (χ2n) is 5.77. The van der Waals surface area contributed by atoms with E-state index in [1.807, 2.05) is 25.1 Å². The highest BCUT2D eigenvalue weighted by molar-refractivity contribution is 9.10. The van der Waals surface area contributed by atoms with Crippen LogP contribution in [0.5, 0.6) is 0 Å². The molecule has 7 heteroatoms. The summed E-state index contributed by atoms with van der Waals surface area (Å²) in [6.45, 7) is 2.00. The summed E-state index contributed by atoms with van der Waals surface area (Å²) in [5.74, 6) is 1.72. The molecule has 1 aliphatic rings. The fraction of sp³-hybridized carbons (Fsp3) is 0.500. The smallest absolute Gasteiger partial charge is 0.152 e. The lowest BCUT2D eigenvalue weighted by atomic mass is 10.0. The summed E-state index contributed by atoms with van der Waals surface area (Å²) >= 11 is 9.34. The molecule has 1 aromatic heterocycles. The van der Waals surface area contributed by atoms with Gasteiger partial charge in [-0.25, -0.2) is 13.4 Å². The van der Waals surface area contributed by atoms with E-state index >= 15 is 0 Å². The zero-order valence-electron chi connectivity index (χ0n) is 11.6. The van der Waals surface area contributed by atoms with Gasteiger partial charge in [0.15, 0.2) is 9.84 Å². The van der Waals surface area contributed by atoms with Crippen molar-refractivity contribution in [3.05, 3.63) is 28.5 Å². The molecule has 0 amide bonds. The minimum Gasteiger partial charge on any atom is -0.321 e. The van der Waals surface area contributed by atoms with Crippen LogP contribution in [0, 0.1) is 0 Å². The van der Waals surface area contributed by atoms with Gasteiger partial charge >= 0.3 is 0 Å². The number of aromatic nitrogens is 2. The largest absolute Gasteiger partial charge is 0.321 e. The number of aryl methyl sites for hydroxylation is 1. The highest BCUT2D eigenvalue weighted by Gasteiger charge is 2.41. The third kappa shape index (κ3) is 2.73. The predicted octanol–water partition coefficient (Wildman–Crippen LogP) is 3.11. The molecule has 1 fully saturated rings. The molecule has 0 bridgehead atoms. The first-order chi connectivity index (χ1) is 9.85. The molecule has 4 nitrogen and oxygen atoms in total. The van der Waals surface area contributed by atoms with E-state index in [2.05, 4.69) is 25.5 Å². The topological polar surface area (TPSA) is 52.0 Å². The summed E-state index contributed by atoms with van der Waals surface area (Å²) in [6.07, 6.45) is 1.25. The maximum Gasteiger partial charge on any atom is 0.152 e.